The summed E-state index contributed by atoms with van der Waals surface area (Å²) in [7, 11) is 0. The second-order valence-electron chi connectivity index (χ2n) is 5.70. The van der Waals surface area contributed by atoms with Gasteiger partial charge in [-0.15, -0.1) is 0 Å². The van der Waals surface area contributed by atoms with Crippen LogP contribution in [-0.4, -0.2) is 21.1 Å². The van der Waals surface area contributed by atoms with Crippen LogP contribution in [0.2, 0.25) is 5.02 Å². The molecule has 4 rings (SSSR count). The molecule has 0 bridgehead atoms. The predicted octanol–water partition coefficient (Wildman–Crippen LogP) is 2.30. The van der Waals surface area contributed by atoms with Gasteiger partial charge in [-0.05, 0) is 29.3 Å². The lowest BCUT2D eigenvalue weighted by Crippen LogP contribution is -2.30. The molecule has 3 N–H and O–H groups in total. The van der Waals surface area contributed by atoms with E-state index in [4.69, 9.17) is 11.6 Å². The van der Waals surface area contributed by atoms with Crippen LogP contribution in [-0.2, 0) is 6.54 Å². The average molecular weight is 341 g/mol. The quantitative estimate of drug-likeness (QED) is 0.680. The van der Waals surface area contributed by atoms with Gasteiger partial charge in [0, 0.05) is 30.5 Å². The lowest BCUT2D eigenvalue weighted by Gasteiger charge is -2.09. The highest BCUT2D eigenvalue weighted by Gasteiger charge is 2.16. The summed E-state index contributed by atoms with van der Waals surface area (Å²) in [5, 5.41) is 0.764. The van der Waals surface area contributed by atoms with Crippen LogP contribution in [0.25, 0.3) is 11.4 Å². The summed E-state index contributed by atoms with van der Waals surface area (Å²) < 4.78 is 2.02. The second-order valence-corrected chi connectivity index (χ2v) is 6.11. The Hall–Kier alpha value is -2.25. The van der Waals surface area contributed by atoms with Crippen LogP contribution in [0.4, 0.5) is 0 Å². The normalized spacial score (nSPS) is 17.3. The van der Waals surface area contributed by atoms with Gasteiger partial charge < -0.3 is 4.57 Å². The van der Waals surface area contributed by atoms with Crippen molar-refractivity contribution in [1.82, 2.24) is 30.9 Å². The third-order valence-electron chi connectivity index (χ3n) is 4.03. The van der Waals surface area contributed by atoms with Crippen molar-refractivity contribution in [3.8, 4) is 11.4 Å². The number of imidazole rings is 1. The van der Waals surface area contributed by atoms with Gasteiger partial charge in [0.1, 0.15) is 5.69 Å². The molecule has 3 aromatic rings. The Labute approximate surface area is 144 Å². The number of hydrogen-bond donors (Lipinski definition) is 3. The lowest BCUT2D eigenvalue weighted by atomic mass is 10.1. The first-order valence-corrected chi connectivity index (χ1v) is 8.12. The Morgan fingerprint density at radius 2 is 2.08 bits per heavy atom. The summed E-state index contributed by atoms with van der Waals surface area (Å²) in [6, 6.07) is 12.1. The van der Waals surface area contributed by atoms with E-state index in [-0.39, 0.29) is 6.04 Å². The van der Waals surface area contributed by atoms with Crippen molar-refractivity contribution in [3.63, 3.8) is 0 Å². The second kappa shape index (κ2) is 6.70. The van der Waals surface area contributed by atoms with Gasteiger partial charge in [0.25, 0.3) is 0 Å². The minimum Gasteiger partial charge on any atom is -0.332 e. The molecule has 1 saturated heterocycles. The summed E-state index contributed by atoms with van der Waals surface area (Å²) in [6.45, 7) is 1.51. The zero-order chi connectivity index (χ0) is 16.4. The lowest BCUT2D eigenvalue weighted by molar-refractivity contribution is 0.555. The first-order chi connectivity index (χ1) is 11.8. The maximum absolute atomic E-state index is 6.23. The minimum absolute atomic E-state index is 0.219. The number of nitrogens with zero attached hydrogens (tertiary/aromatic N) is 3. The molecule has 0 amide bonds. The Bertz CT molecular complexity index is 840. The van der Waals surface area contributed by atoms with E-state index in [1.807, 2.05) is 53.6 Å². The van der Waals surface area contributed by atoms with E-state index in [2.05, 4.69) is 32.4 Å². The molecule has 6 nitrogen and oxygen atoms in total. The van der Waals surface area contributed by atoms with E-state index >= 15 is 0 Å². The molecule has 24 heavy (non-hydrogen) atoms. The first kappa shape index (κ1) is 15.3. The number of nitrogens with one attached hydrogen (secondary N) is 3. The molecule has 0 aliphatic carbocycles. The molecule has 0 radical (unpaired) electrons. The smallest absolute Gasteiger partial charge is 0.107 e. The topological polar surface area (TPSA) is 66.8 Å². The van der Waals surface area contributed by atoms with Gasteiger partial charge in [-0.25, -0.2) is 15.8 Å². The number of aromatic nitrogens is 3. The molecule has 0 spiro atoms. The zero-order valence-corrected chi connectivity index (χ0v) is 13.7. The number of benzene rings is 1. The summed E-state index contributed by atoms with van der Waals surface area (Å²) in [4.78, 5) is 8.93. The molecule has 3 heterocycles. The monoisotopic (exact) mass is 340 g/mol. The Morgan fingerprint density at radius 1 is 1.17 bits per heavy atom. The van der Waals surface area contributed by atoms with Gasteiger partial charge in [0.05, 0.1) is 18.1 Å². The van der Waals surface area contributed by atoms with Crippen molar-refractivity contribution in [2.75, 3.05) is 6.54 Å². The Kier molecular flexibility index (Phi) is 4.27. The van der Waals surface area contributed by atoms with Crippen LogP contribution >= 0.6 is 11.6 Å². The fourth-order valence-electron chi connectivity index (χ4n) is 2.75. The number of hydrogen-bond acceptors (Lipinski definition) is 5. The highest BCUT2D eigenvalue weighted by Crippen LogP contribution is 2.21. The van der Waals surface area contributed by atoms with E-state index in [9.17, 15) is 0 Å². The number of halogens is 1. The Balaban J connectivity index is 1.56. The molecule has 1 fully saturated rings. The molecular formula is C17H17ClN6. The molecule has 1 aromatic carbocycles. The van der Waals surface area contributed by atoms with E-state index in [0.29, 0.717) is 6.54 Å². The highest BCUT2D eigenvalue weighted by molar-refractivity contribution is 6.31. The maximum Gasteiger partial charge on any atom is 0.107 e. The van der Waals surface area contributed by atoms with Crippen LogP contribution in [0, 0.1) is 0 Å². The number of pyridine rings is 1. The van der Waals surface area contributed by atoms with Crippen LogP contribution in [0.1, 0.15) is 17.2 Å². The Morgan fingerprint density at radius 3 is 2.92 bits per heavy atom. The average Bonchev–Trinajstić information content (AvgIpc) is 3.29. The van der Waals surface area contributed by atoms with Crippen LogP contribution in [0.15, 0.2) is 55.1 Å². The minimum atomic E-state index is 0.219. The van der Waals surface area contributed by atoms with Gasteiger partial charge in [-0.3, -0.25) is 4.98 Å². The fraction of sp³-hybridized carbons (Fsp3) is 0.176. The van der Waals surface area contributed by atoms with Crippen molar-refractivity contribution < 1.29 is 0 Å². The van der Waals surface area contributed by atoms with E-state index < -0.39 is 0 Å². The summed E-state index contributed by atoms with van der Waals surface area (Å²) >= 11 is 6.23. The molecule has 122 valence electrons. The van der Waals surface area contributed by atoms with Gasteiger partial charge in [-0.1, -0.05) is 29.8 Å². The van der Waals surface area contributed by atoms with E-state index in [1.54, 1.807) is 0 Å². The molecule has 0 saturated carbocycles. The van der Waals surface area contributed by atoms with Crippen molar-refractivity contribution in [3.05, 3.63) is 71.3 Å². The first-order valence-electron chi connectivity index (χ1n) is 7.74. The van der Waals surface area contributed by atoms with E-state index in [0.717, 1.165) is 34.1 Å². The van der Waals surface area contributed by atoms with Gasteiger partial charge in [0.15, 0.2) is 0 Å². The summed E-state index contributed by atoms with van der Waals surface area (Å²) in [5.41, 5.74) is 13.1. The van der Waals surface area contributed by atoms with Gasteiger partial charge in [0.2, 0.25) is 0 Å². The molecule has 1 unspecified atom stereocenters. The maximum atomic E-state index is 6.23. The largest absolute Gasteiger partial charge is 0.332 e. The SMILES string of the molecule is Clc1ccccc1Cn1cnc(-c2cc(C3CNNN3)ccn2)c1. The van der Waals surface area contributed by atoms with Gasteiger partial charge in [-0.2, -0.15) is 5.53 Å². The van der Waals surface area contributed by atoms with E-state index in [1.165, 1.54) is 0 Å². The van der Waals surface area contributed by atoms with Crippen LogP contribution in [0.3, 0.4) is 0 Å². The van der Waals surface area contributed by atoms with Crippen molar-refractivity contribution in [2.45, 2.75) is 12.6 Å². The summed E-state index contributed by atoms with van der Waals surface area (Å²) in [5.74, 6) is 0. The highest BCUT2D eigenvalue weighted by atomic mass is 35.5. The van der Waals surface area contributed by atoms with Crippen molar-refractivity contribution >= 4 is 11.6 Å². The number of rotatable bonds is 4. The van der Waals surface area contributed by atoms with Gasteiger partial charge >= 0.3 is 0 Å². The molecule has 7 heteroatoms. The third-order valence-corrected chi connectivity index (χ3v) is 4.40. The predicted molar refractivity (Wildman–Crippen MR) is 93.0 cm³/mol. The molecule has 1 atom stereocenters. The van der Waals surface area contributed by atoms with Crippen LogP contribution < -0.4 is 16.4 Å². The van der Waals surface area contributed by atoms with Crippen LogP contribution in [0.5, 0.6) is 0 Å². The third kappa shape index (κ3) is 3.18. The summed E-state index contributed by atoms with van der Waals surface area (Å²) in [6.07, 6.45) is 5.62. The van der Waals surface area contributed by atoms with Crippen molar-refractivity contribution in [1.29, 1.82) is 0 Å². The molecule has 2 aromatic heterocycles. The van der Waals surface area contributed by atoms with Crippen molar-refractivity contribution in [2.24, 2.45) is 0 Å². The molecule has 1 aliphatic heterocycles. The number of hydrazine groups is 2. The standard InChI is InChI=1S/C17H17ClN6/c18-14-4-2-1-3-13(14)9-24-10-17(20-11-24)15-7-12(5-6-19-15)16-8-21-23-22-16/h1-7,10-11,16,21-23H,8-9H2. The molecule has 1 aliphatic rings. The fourth-order valence-corrected chi connectivity index (χ4v) is 2.94. The zero-order valence-electron chi connectivity index (χ0n) is 12.9. The molecular weight excluding hydrogens is 324 g/mol.